The van der Waals surface area contributed by atoms with Crippen LogP contribution >= 0.6 is 0 Å². The zero-order valence-corrected chi connectivity index (χ0v) is 11.8. The summed E-state index contributed by atoms with van der Waals surface area (Å²) in [6.07, 6.45) is -0.0182. The lowest BCUT2D eigenvalue weighted by Gasteiger charge is -2.43. The van der Waals surface area contributed by atoms with Gasteiger partial charge in [-0.2, -0.15) is 0 Å². The van der Waals surface area contributed by atoms with Crippen LogP contribution in [-0.2, 0) is 4.79 Å². The Labute approximate surface area is 118 Å². The van der Waals surface area contributed by atoms with Crippen molar-refractivity contribution in [1.82, 2.24) is 9.80 Å². The summed E-state index contributed by atoms with van der Waals surface area (Å²) in [5.74, 6) is -0.958. The average Bonchev–Trinajstić information content (AvgIpc) is 2.42. The molecule has 1 fully saturated rings. The number of piperazine rings is 1. The fraction of sp³-hybridized carbons (Fsp3) is 0.467. The lowest BCUT2D eigenvalue weighted by Crippen LogP contribution is -2.58. The number of benzene rings is 1. The van der Waals surface area contributed by atoms with E-state index in [4.69, 9.17) is 5.11 Å². The summed E-state index contributed by atoms with van der Waals surface area (Å²) >= 11 is 0. The molecule has 1 aromatic rings. The van der Waals surface area contributed by atoms with Crippen LogP contribution in [0.4, 0.5) is 0 Å². The molecule has 1 aliphatic rings. The highest BCUT2D eigenvalue weighted by atomic mass is 16.4. The molecule has 1 amide bonds. The summed E-state index contributed by atoms with van der Waals surface area (Å²) in [7, 11) is 1.96. The van der Waals surface area contributed by atoms with Crippen molar-refractivity contribution < 1.29 is 14.7 Å². The number of carbonyl (C=O) groups excluding carboxylic acids is 1. The summed E-state index contributed by atoms with van der Waals surface area (Å²) in [6, 6.07) is 8.98. The first-order chi connectivity index (χ1) is 9.49. The summed E-state index contributed by atoms with van der Waals surface area (Å²) in [6.45, 7) is 3.19. The van der Waals surface area contributed by atoms with Crippen LogP contribution in [0.15, 0.2) is 30.3 Å². The summed E-state index contributed by atoms with van der Waals surface area (Å²) in [4.78, 5) is 27.4. The molecule has 108 valence electrons. The zero-order chi connectivity index (χ0) is 14.7. The SMILES string of the molecule is C[C@@H]1CN(C(=O)c2ccccc2)[C@@H](CC(=O)O)CN1C. The van der Waals surface area contributed by atoms with Crippen LogP contribution in [0.1, 0.15) is 23.7 Å². The third-order valence-corrected chi connectivity index (χ3v) is 3.84. The molecular weight excluding hydrogens is 256 g/mol. The van der Waals surface area contributed by atoms with Gasteiger partial charge in [-0.25, -0.2) is 0 Å². The highest BCUT2D eigenvalue weighted by molar-refractivity contribution is 5.94. The van der Waals surface area contributed by atoms with Gasteiger partial charge in [0.05, 0.1) is 12.5 Å². The Morgan fingerprint density at radius 1 is 1.25 bits per heavy atom. The number of carboxylic acid groups (broad SMARTS) is 1. The molecule has 20 heavy (non-hydrogen) atoms. The Morgan fingerprint density at radius 3 is 2.50 bits per heavy atom. The Bertz CT molecular complexity index is 489. The molecular formula is C15H20N2O3. The van der Waals surface area contributed by atoms with Crippen LogP contribution in [-0.4, -0.2) is 59.0 Å². The Morgan fingerprint density at radius 2 is 1.90 bits per heavy atom. The van der Waals surface area contributed by atoms with Crippen molar-refractivity contribution in [1.29, 1.82) is 0 Å². The Kier molecular flexibility index (Phi) is 4.39. The predicted octanol–water partition coefficient (Wildman–Crippen LogP) is 1.31. The number of carbonyl (C=O) groups is 2. The third-order valence-electron chi connectivity index (χ3n) is 3.84. The van der Waals surface area contributed by atoms with Crippen molar-refractivity contribution in [2.24, 2.45) is 0 Å². The molecule has 0 radical (unpaired) electrons. The molecule has 0 saturated carbocycles. The molecule has 0 bridgehead atoms. The standard InChI is InChI=1S/C15H20N2O3/c1-11-9-17(13(8-14(18)19)10-16(11)2)15(20)12-6-4-3-5-7-12/h3-7,11,13H,8-10H2,1-2H3,(H,18,19)/t11-,13+/m1/s1. The third kappa shape index (κ3) is 3.17. The number of carboxylic acids is 1. The van der Waals surface area contributed by atoms with E-state index >= 15 is 0 Å². The van der Waals surface area contributed by atoms with E-state index in [1.807, 2.05) is 32.2 Å². The minimum absolute atomic E-state index is 0.0182. The number of amides is 1. The summed E-state index contributed by atoms with van der Waals surface area (Å²) in [5, 5.41) is 9.03. The number of hydrogen-bond donors (Lipinski definition) is 1. The summed E-state index contributed by atoms with van der Waals surface area (Å²) in [5.41, 5.74) is 0.611. The molecule has 0 aliphatic carbocycles. The molecule has 1 N–H and O–H groups in total. The first kappa shape index (κ1) is 14.5. The second kappa shape index (κ2) is 6.05. The number of hydrogen-bond acceptors (Lipinski definition) is 3. The van der Waals surface area contributed by atoms with E-state index < -0.39 is 5.97 Å². The molecule has 5 heteroatoms. The molecule has 0 unspecified atom stereocenters. The maximum atomic E-state index is 12.6. The molecule has 2 rings (SSSR count). The lowest BCUT2D eigenvalue weighted by molar-refractivity contribution is -0.138. The van der Waals surface area contributed by atoms with Crippen LogP contribution in [0.3, 0.4) is 0 Å². The van der Waals surface area contributed by atoms with Gasteiger partial charge >= 0.3 is 5.97 Å². The van der Waals surface area contributed by atoms with Crippen LogP contribution in [0.2, 0.25) is 0 Å². The maximum Gasteiger partial charge on any atom is 0.305 e. The quantitative estimate of drug-likeness (QED) is 0.904. The van der Waals surface area contributed by atoms with Crippen molar-refractivity contribution in [3.05, 3.63) is 35.9 Å². The lowest BCUT2D eigenvalue weighted by atomic mass is 10.0. The fourth-order valence-electron chi connectivity index (χ4n) is 2.56. The van der Waals surface area contributed by atoms with Crippen LogP contribution in [0.25, 0.3) is 0 Å². The van der Waals surface area contributed by atoms with Gasteiger partial charge in [-0.15, -0.1) is 0 Å². The van der Waals surface area contributed by atoms with E-state index in [1.54, 1.807) is 17.0 Å². The van der Waals surface area contributed by atoms with E-state index in [1.165, 1.54) is 0 Å². The fourth-order valence-corrected chi connectivity index (χ4v) is 2.56. The monoisotopic (exact) mass is 276 g/mol. The Hall–Kier alpha value is -1.88. The minimum atomic E-state index is -0.871. The smallest absolute Gasteiger partial charge is 0.305 e. The first-order valence-electron chi connectivity index (χ1n) is 6.77. The predicted molar refractivity (Wildman–Crippen MR) is 75.6 cm³/mol. The molecule has 0 aromatic heterocycles. The first-order valence-corrected chi connectivity index (χ1v) is 6.77. The zero-order valence-electron chi connectivity index (χ0n) is 11.8. The molecule has 1 aromatic carbocycles. The van der Waals surface area contributed by atoms with Crippen molar-refractivity contribution in [2.45, 2.75) is 25.4 Å². The maximum absolute atomic E-state index is 12.6. The van der Waals surface area contributed by atoms with Crippen molar-refractivity contribution in [3.63, 3.8) is 0 Å². The van der Waals surface area contributed by atoms with Gasteiger partial charge in [-0.05, 0) is 26.1 Å². The van der Waals surface area contributed by atoms with Gasteiger partial charge in [0.15, 0.2) is 0 Å². The van der Waals surface area contributed by atoms with Crippen molar-refractivity contribution >= 4 is 11.9 Å². The number of likely N-dealkylation sites (N-methyl/N-ethyl adjacent to an activating group) is 1. The molecule has 1 aliphatic heterocycles. The van der Waals surface area contributed by atoms with Crippen molar-refractivity contribution in [2.75, 3.05) is 20.1 Å². The average molecular weight is 276 g/mol. The molecule has 2 atom stereocenters. The van der Waals surface area contributed by atoms with E-state index in [0.29, 0.717) is 18.7 Å². The van der Waals surface area contributed by atoms with E-state index in [9.17, 15) is 9.59 Å². The van der Waals surface area contributed by atoms with Gasteiger partial charge in [0, 0.05) is 24.7 Å². The van der Waals surface area contributed by atoms with Crippen molar-refractivity contribution in [3.8, 4) is 0 Å². The van der Waals surface area contributed by atoms with E-state index in [-0.39, 0.29) is 24.4 Å². The van der Waals surface area contributed by atoms with E-state index in [2.05, 4.69) is 4.90 Å². The molecule has 5 nitrogen and oxygen atoms in total. The van der Waals surface area contributed by atoms with Gasteiger partial charge in [0.2, 0.25) is 0 Å². The summed E-state index contributed by atoms with van der Waals surface area (Å²) < 4.78 is 0. The second-order valence-corrected chi connectivity index (χ2v) is 5.36. The topological polar surface area (TPSA) is 60.9 Å². The minimum Gasteiger partial charge on any atom is -0.481 e. The number of rotatable bonds is 3. The Balaban J connectivity index is 2.21. The number of aliphatic carboxylic acids is 1. The van der Waals surface area contributed by atoms with Gasteiger partial charge in [-0.1, -0.05) is 18.2 Å². The van der Waals surface area contributed by atoms with Crippen LogP contribution in [0, 0.1) is 0 Å². The van der Waals surface area contributed by atoms with Gasteiger partial charge in [-0.3, -0.25) is 14.5 Å². The molecule has 1 heterocycles. The van der Waals surface area contributed by atoms with Gasteiger partial charge in [0.25, 0.3) is 5.91 Å². The van der Waals surface area contributed by atoms with E-state index in [0.717, 1.165) is 0 Å². The highest BCUT2D eigenvalue weighted by Crippen LogP contribution is 2.19. The molecule has 1 saturated heterocycles. The number of nitrogens with zero attached hydrogens (tertiary/aromatic N) is 2. The van der Waals surface area contributed by atoms with Crippen LogP contribution in [0.5, 0.6) is 0 Å². The highest BCUT2D eigenvalue weighted by Gasteiger charge is 2.34. The normalized spacial score (nSPS) is 23.6. The van der Waals surface area contributed by atoms with Crippen LogP contribution < -0.4 is 0 Å². The second-order valence-electron chi connectivity index (χ2n) is 5.36. The van der Waals surface area contributed by atoms with Gasteiger partial charge in [0.1, 0.15) is 0 Å². The van der Waals surface area contributed by atoms with Gasteiger partial charge < -0.3 is 10.0 Å². The largest absolute Gasteiger partial charge is 0.481 e. The molecule has 0 spiro atoms.